The van der Waals surface area contributed by atoms with E-state index in [9.17, 15) is 4.79 Å². The number of rotatable bonds is 4. The van der Waals surface area contributed by atoms with Crippen molar-refractivity contribution >= 4 is 27.6 Å². The quantitative estimate of drug-likeness (QED) is 0.831. The second kappa shape index (κ2) is 6.35. The molecule has 0 radical (unpaired) electrons. The third-order valence-corrected chi connectivity index (χ3v) is 3.77. The van der Waals surface area contributed by atoms with E-state index in [0.717, 1.165) is 21.3 Å². The maximum Gasteiger partial charge on any atom is 0.341 e. The summed E-state index contributed by atoms with van der Waals surface area (Å²) in [6.07, 6.45) is 0. The number of halogens is 1. The van der Waals surface area contributed by atoms with Crippen LogP contribution in [0, 0.1) is 20.8 Å². The molecule has 0 unspecified atom stereocenters. The van der Waals surface area contributed by atoms with Gasteiger partial charge in [-0.05, 0) is 50.1 Å². The van der Waals surface area contributed by atoms with E-state index in [4.69, 9.17) is 9.15 Å². The lowest BCUT2D eigenvalue weighted by molar-refractivity contribution is 0.0599. The zero-order valence-corrected chi connectivity index (χ0v) is 14.1. The Kier molecular flexibility index (Phi) is 4.73. The molecule has 21 heavy (non-hydrogen) atoms. The third kappa shape index (κ3) is 3.47. The molecule has 1 N–H and O–H groups in total. The number of furan rings is 1. The van der Waals surface area contributed by atoms with E-state index in [2.05, 4.69) is 33.4 Å². The van der Waals surface area contributed by atoms with Crippen molar-refractivity contribution in [2.24, 2.45) is 0 Å². The lowest BCUT2D eigenvalue weighted by Crippen LogP contribution is -2.03. The van der Waals surface area contributed by atoms with Crippen LogP contribution in [0.4, 0.5) is 5.69 Å². The van der Waals surface area contributed by atoms with Crippen LogP contribution in [0.1, 0.15) is 33.0 Å². The summed E-state index contributed by atoms with van der Waals surface area (Å²) >= 11 is 3.48. The fourth-order valence-corrected chi connectivity index (χ4v) is 3.00. The van der Waals surface area contributed by atoms with E-state index < -0.39 is 0 Å². The molecule has 1 aromatic heterocycles. The van der Waals surface area contributed by atoms with Gasteiger partial charge in [0.25, 0.3) is 0 Å². The topological polar surface area (TPSA) is 51.5 Å². The predicted molar refractivity (Wildman–Crippen MR) is 85.7 cm³/mol. The molecular formula is C16H18BrNO3. The van der Waals surface area contributed by atoms with Gasteiger partial charge in [-0.2, -0.15) is 0 Å². The lowest BCUT2D eigenvalue weighted by atomic mass is 10.1. The number of anilines is 1. The average Bonchev–Trinajstić information content (AvgIpc) is 2.78. The predicted octanol–water partition coefficient (Wildman–Crippen LogP) is 4.37. The maximum atomic E-state index is 11.6. The van der Waals surface area contributed by atoms with Crippen LogP contribution in [0.15, 0.2) is 27.1 Å². The van der Waals surface area contributed by atoms with Crippen molar-refractivity contribution in [3.63, 3.8) is 0 Å². The molecular weight excluding hydrogens is 334 g/mol. The van der Waals surface area contributed by atoms with Crippen LogP contribution in [0.2, 0.25) is 0 Å². The minimum Gasteiger partial charge on any atom is -0.465 e. The number of aryl methyl sites for hydroxylation is 3. The molecule has 0 aliphatic carbocycles. The fraction of sp³-hybridized carbons (Fsp3) is 0.312. The van der Waals surface area contributed by atoms with E-state index in [1.807, 2.05) is 13.8 Å². The third-order valence-electron chi connectivity index (χ3n) is 3.31. The molecule has 0 amide bonds. The van der Waals surface area contributed by atoms with E-state index in [1.165, 1.54) is 7.11 Å². The summed E-state index contributed by atoms with van der Waals surface area (Å²) < 4.78 is 11.4. The number of carbonyl (C=O) groups is 1. The molecule has 0 bridgehead atoms. The summed E-state index contributed by atoms with van der Waals surface area (Å²) in [4.78, 5) is 11.6. The minimum atomic E-state index is -0.376. The second-order valence-electron chi connectivity index (χ2n) is 4.94. The Balaban J connectivity index is 2.16. The highest BCUT2D eigenvalue weighted by atomic mass is 79.9. The maximum absolute atomic E-state index is 11.6. The Bertz CT molecular complexity index is 653. The highest BCUT2D eigenvalue weighted by Gasteiger charge is 2.15. The number of carbonyl (C=O) groups excluding carboxylic acids is 1. The molecule has 0 aliphatic rings. The standard InChI is InChI=1S/C16H18BrNO3/c1-9-5-12(17)6-10(2)15(9)18-8-13-7-14(11(3)21-13)16(19)20-4/h5-7,18H,8H2,1-4H3. The van der Waals surface area contributed by atoms with Gasteiger partial charge in [0.05, 0.1) is 13.7 Å². The summed E-state index contributed by atoms with van der Waals surface area (Å²) in [7, 11) is 1.36. The van der Waals surface area contributed by atoms with Gasteiger partial charge in [-0.1, -0.05) is 15.9 Å². The van der Waals surface area contributed by atoms with Crippen molar-refractivity contribution in [2.75, 3.05) is 12.4 Å². The van der Waals surface area contributed by atoms with Gasteiger partial charge in [0.2, 0.25) is 0 Å². The van der Waals surface area contributed by atoms with Crippen molar-refractivity contribution < 1.29 is 13.9 Å². The highest BCUT2D eigenvalue weighted by Crippen LogP contribution is 2.26. The van der Waals surface area contributed by atoms with Gasteiger partial charge in [-0.3, -0.25) is 0 Å². The van der Waals surface area contributed by atoms with Crippen LogP contribution < -0.4 is 5.32 Å². The lowest BCUT2D eigenvalue weighted by Gasteiger charge is -2.12. The monoisotopic (exact) mass is 351 g/mol. The van der Waals surface area contributed by atoms with E-state index in [0.29, 0.717) is 23.6 Å². The number of ether oxygens (including phenoxy) is 1. The molecule has 0 fully saturated rings. The number of esters is 1. The van der Waals surface area contributed by atoms with Crippen molar-refractivity contribution in [3.8, 4) is 0 Å². The van der Waals surface area contributed by atoms with Gasteiger partial charge < -0.3 is 14.5 Å². The molecule has 2 rings (SSSR count). The summed E-state index contributed by atoms with van der Waals surface area (Å²) in [6, 6.07) is 5.84. The number of methoxy groups -OCH3 is 1. The molecule has 0 saturated carbocycles. The first kappa shape index (κ1) is 15.6. The van der Waals surface area contributed by atoms with Crippen molar-refractivity contribution in [1.29, 1.82) is 0 Å². The SMILES string of the molecule is COC(=O)c1cc(CNc2c(C)cc(Br)cc2C)oc1C. The molecule has 2 aromatic rings. The smallest absolute Gasteiger partial charge is 0.341 e. The summed E-state index contributed by atoms with van der Waals surface area (Å²) in [5, 5.41) is 3.36. The Morgan fingerprint density at radius 3 is 2.43 bits per heavy atom. The molecule has 5 heteroatoms. The van der Waals surface area contributed by atoms with Crippen LogP contribution in [0.5, 0.6) is 0 Å². The van der Waals surface area contributed by atoms with Crippen LogP contribution in [0.3, 0.4) is 0 Å². The first-order chi connectivity index (χ1) is 9.92. The molecule has 1 heterocycles. The van der Waals surface area contributed by atoms with Crippen LogP contribution >= 0.6 is 15.9 Å². The average molecular weight is 352 g/mol. The van der Waals surface area contributed by atoms with Crippen LogP contribution in [-0.2, 0) is 11.3 Å². The Morgan fingerprint density at radius 1 is 1.24 bits per heavy atom. The number of nitrogens with one attached hydrogen (secondary N) is 1. The Morgan fingerprint density at radius 2 is 1.86 bits per heavy atom. The first-order valence-electron chi connectivity index (χ1n) is 6.60. The number of benzene rings is 1. The summed E-state index contributed by atoms with van der Waals surface area (Å²) in [6.45, 7) is 6.37. The minimum absolute atomic E-state index is 0.376. The molecule has 0 saturated heterocycles. The second-order valence-corrected chi connectivity index (χ2v) is 5.86. The molecule has 0 atom stereocenters. The van der Waals surface area contributed by atoms with Crippen molar-refractivity contribution in [2.45, 2.75) is 27.3 Å². The Labute approximate surface area is 132 Å². The van der Waals surface area contributed by atoms with Gasteiger partial charge in [-0.15, -0.1) is 0 Å². The van der Waals surface area contributed by atoms with E-state index >= 15 is 0 Å². The molecule has 0 spiro atoms. The van der Waals surface area contributed by atoms with Crippen LogP contribution in [0.25, 0.3) is 0 Å². The van der Waals surface area contributed by atoms with Gasteiger partial charge in [0.15, 0.2) is 0 Å². The van der Waals surface area contributed by atoms with E-state index in [1.54, 1.807) is 13.0 Å². The molecule has 0 aliphatic heterocycles. The number of hydrogen-bond acceptors (Lipinski definition) is 4. The Hall–Kier alpha value is -1.75. The summed E-state index contributed by atoms with van der Waals surface area (Å²) in [5.74, 6) is 0.899. The first-order valence-corrected chi connectivity index (χ1v) is 7.40. The zero-order chi connectivity index (χ0) is 15.6. The van der Waals surface area contributed by atoms with Gasteiger partial charge in [0.1, 0.15) is 17.1 Å². The fourth-order valence-electron chi connectivity index (χ4n) is 2.31. The molecule has 4 nitrogen and oxygen atoms in total. The summed E-state index contributed by atoms with van der Waals surface area (Å²) in [5.41, 5.74) is 3.85. The normalized spacial score (nSPS) is 10.5. The molecule has 112 valence electrons. The zero-order valence-electron chi connectivity index (χ0n) is 12.5. The molecule has 1 aromatic carbocycles. The van der Waals surface area contributed by atoms with Gasteiger partial charge in [-0.25, -0.2) is 4.79 Å². The van der Waals surface area contributed by atoms with Gasteiger partial charge >= 0.3 is 5.97 Å². The van der Waals surface area contributed by atoms with Gasteiger partial charge in [0, 0.05) is 10.2 Å². The van der Waals surface area contributed by atoms with E-state index in [-0.39, 0.29) is 5.97 Å². The van der Waals surface area contributed by atoms with Crippen molar-refractivity contribution in [3.05, 3.63) is 50.9 Å². The number of hydrogen-bond donors (Lipinski definition) is 1. The van der Waals surface area contributed by atoms with Crippen molar-refractivity contribution in [1.82, 2.24) is 0 Å². The highest BCUT2D eigenvalue weighted by molar-refractivity contribution is 9.10. The van der Waals surface area contributed by atoms with Crippen LogP contribution in [-0.4, -0.2) is 13.1 Å². The largest absolute Gasteiger partial charge is 0.465 e.